The lowest BCUT2D eigenvalue weighted by atomic mass is 10.1. The van der Waals surface area contributed by atoms with Gasteiger partial charge in [0.2, 0.25) is 0 Å². The van der Waals surface area contributed by atoms with E-state index in [0.29, 0.717) is 22.0 Å². The molecule has 4 aromatic rings. The van der Waals surface area contributed by atoms with Crippen molar-refractivity contribution >= 4 is 45.9 Å². The molecule has 4 rings (SSSR count). The van der Waals surface area contributed by atoms with E-state index in [4.69, 9.17) is 20.8 Å². The second-order valence-electron chi connectivity index (χ2n) is 6.80. The predicted molar refractivity (Wildman–Crippen MR) is 123 cm³/mol. The smallest absolute Gasteiger partial charge is 0.336 e. The average Bonchev–Trinajstić information content (AvgIpc) is 2.75. The molecule has 1 amide bonds. The number of benzene rings is 3. The molecule has 0 saturated carbocycles. The molecule has 0 unspecified atom stereocenters. The van der Waals surface area contributed by atoms with Crippen LogP contribution >= 0.6 is 23.4 Å². The van der Waals surface area contributed by atoms with Crippen molar-refractivity contribution in [2.75, 3.05) is 11.9 Å². The zero-order chi connectivity index (χ0) is 21.8. The van der Waals surface area contributed by atoms with Gasteiger partial charge in [0.1, 0.15) is 11.3 Å². The summed E-state index contributed by atoms with van der Waals surface area (Å²) in [6.07, 6.45) is 0. The van der Waals surface area contributed by atoms with Crippen LogP contribution in [0, 0.1) is 6.92 Å². The van der Waals surface area contributed by atoms with Gasteiger partial charge in [-0.2, -0.15) is 0 Å². The molecule has 0 atom stereocenters. The molecule has 5 nitrogen and oxygen atoms in total. The maximum atomic E-state index is 12.5. The maximum absolute atomic E-state index is 12.5. The largest absolute Gasteiger partial charge is 0.484 e. The van der Waals surface area contributed by atoms with Crippen molar-refractivity contribution in [2.45, 2.75) is 16.7 Å². The van der Waals surface area contributed by atoms with Crippen molar-refractivity contribution in [2.24, 2.45) is 0 Å². The topological polar surface area (TPSA) is 68.5 Å². The van der Waals surface area contributed by atoms with Gasteiger partial charge < -0.3 is 14.5 Å². The van der Waals surface area contributed by atoms with Gasteiger partial charge in [-0.05, 0) is 61.0 Å². The van der Waals surface area contributed by atoms with Crippen molar-refractivity contribution in [3.8, 4) is 5.75 Å². The van der Waals surface area contributed by atoms with Crippen LogP contribution in [0.15, 0.2) is 91.8 Å². The number of hydrogen-bond donors (Lipinski definition) is 1. The number of carbonyl (C=O) groups excluding carboxylic acids is 1. The van der Waals surface area contributed by atoms with E-state index in [0.717, 1.165) is 20.7 Å². The third kappa shape index (κ3) is 5.29. The Bertz CT molecular complexity index is 1300. The molecule has 0 fully saturated rings. The molecule has 3 aromatic carbocycles. The van der Waals surface area contributed by atoms with E-state index in [9.17, 15) is 9.59 Å². The van der Waals surface area contributed by atoms with Crippen LogP contribution in [0.1, 0.15) is 5.56 Å². The van der Waals surface area contributed by atoms with Gasteiger partial charge in [-0.15, -0.1) is 0 Å². The first kappa shape index (κ1) is 21.0. The Balaban J connectivity index is 1.43. The van der Waals surface area contributed by atoms with Gasteiger partial charge in [0.05, 0.1) is 5.69 Å². The highest BCUT2D eigenvalue weighted by molar-refractivity contribution is 7.99. The molecule has 156 valence electrons. The van der Waals surface area contributed by atoms with Crippen molar-refractivity contribution in [3.63, 3.8) is 0 Å². The molecule has 0 spiro atoms. The number of amides is 1. The number of anilines is 1. The van der Waals surface area contributed by atoms with E-state index in [2.05, 4.69) is 5.32 Å². The summed E-state index contributed by atoms with van der Waals surface area (Å²) < 4.78 is 10.8. The Kier molecular flexibility index (Phi) is 6.30. The Hall–Kier alpha value is -3.22. The van der Waals surface area contributed by atoms with Crippen LogP contribution in [0.3, 0.4) is 0 Å². The average molecular weight is 452 g/mol. The molecule has 0 aliphatic carbocycles. The number of aryl methyl sites for hydroxylation is 1. The summed E-state index contributed by atoms with van der Waals surface area (Å²) in [5.74, 6) is 0.148. The van der Waals surface area contributed by atoms with Crippen molar-refractivity contribution in [1.82, 2.24) is 0 Å². The summed E-state index contributed by atoms with van der Waals surface area (Å²) in [6, 6.07) is 21.6. The predicted octanol–water partition coefficient (Wildman–Crippen LogP) is 5.92. The first-order valence-electron chi connectivity index (χ1n) is 9.47. The number of carbonyl (C=O) groups is 1. The molecule has 0 aliphatic heterocycles. The summed E-state index contributed by atoms with van der Waals surface area (Å²) >= 11 is 7.47. The SMILES string of the molecule is Cc1cc(=O)oc2cc(OCC(=O)Nc3ccccc3Sc3ccc(Cl)cc3)ccc12. The van der Waals surface area contributed by atoms with E-state index in [1.165, 1.54) is 17.8 Å². The molecule has 1 N–H and O–H groups in total. The zero-order valence-corrected chi connectivity index (χ0v) is 18.1. The second kappa shape index (κ2) is 9.29. The third-order valence-corrected chi connectivity index (χ3v) is 5.83. The van der Waals surface area contributed by atoms with Crippen LogP contribution in [-0.2, 0) is 4.79 Å². The van der Waals surface area contributed by atoms with Gasteiger partial charge in [-0.1, -0.05) is 35.5 Å². The summed E-state index contributed by atoms with van der Waals surface area (Å²) in [6.45, 7) is 1.66. The highest BCUT2D eigenvalue weighted by Crippen LogP contribution is 2.34. The molecule has 0 aliphatic rings. The summed E-state index contributed by atoms with van der Waals surface area (Å²) in [4.78, 5) is 26.0. The lowest BCUT2D eigenvalue weighted by Crippen LogP contribution is -2.20. The number of hydrogen-bond acceptors (Lipinski definition) is 5. The fourth-order valence-electron chi connectivity index (χ4n) is 3.02. The lowest BCUT2D eigenvalue weighted by molar-refractivity contribution is -0.118. The Morgan fingerprint density at radius 2 is 1.84 bits per heavy atom. The molecule has 0 bridgehead atoms. The van der Waals surface area contributed by atoms with Crippen LogP contribution in [0.4, 0.5) is 5.69 Å². The van der Waals surface area contributed by atoms with Crippen LogP contribution in [0.2, 0.25) is 5.02 Å². The fraction of sp³-hybridized carbons (Fsp3) is 0.0833. The van der Waals surface area contributed by atoms with Crippen molar-refractivity contribution < 1.29 is 13.9 Å². The number of halogens is 1. The summed E-state index contributed by atoms with van der Waals surface area (Å²) in [5.41, 5.74) is 1.52. The third-order valence-electron chi connectivity index (χ3n) is 4.50. The Morgan fingerprint density at radius 1 is 1.06 bits per heavy atom. The summed E-state index contributed by atoms with van der Waals surface area (Å²) in [7, 11) is 0. The normalized spacial score (nSPS) is 10.8. The minimum Gasteiger partial charge on any atom is -0.484 e. The van der Waals surface area contributed by atoms with E-state index < -0.39 is 5.63 Å². The highest BCUT2D eigenvalue weighted by atomic mass is 35.5. The van der Waals surface area contributed by atoms with Gasteiger partial charge in [0.15, 0.2) is 6.61 Å². The first-order valence-corrected chi connectivity index (χ1v) is 10.7. The van der Waals surface area contributed by atoms with Crippen molar-refractivity contribution in [1.29, 1.82) is 0 Å². The molecular weight excluding hydrogens is 434 g/mol. The molecule has 7 heteroatoms. The van der Waals surface area contributed by atoms with Gasteiger partial charge in [-0.3, -0.25) is 4.79 Å². The lowest BCUT2D eigenvalue weighted by Gasteiger charge is -2.12. The molecule has 31 heavy (non-hydrogen) atoms. The number of para-hydroxylation sites is 1. The summed E-state index contributed by atoms with van der Waals surface area (Å²) in [5, 5.41) is 4.38. The second-order valence-corrected chi connectivity index (χ2v) is 8.35. The first-order chi connectivity index (χ1) is 15.0. The molecule has 1 aromatic heterocycles. The van der Waals surface area contributed by atoms with Gasteiger partial charge in [0, 0.05) is 32.3 Å². The molecule has 0 saturated heterocycles. The highest BCUT2D eigenvalue weighted by Gasteiger charge is 2.10. The fourth-order valence-corrected chi connectivity index (χ4v) is 4.05. The maximum Gasteiger partial charge on any atom is 0.336 e. The Labute approximate surface area is 188 Å². The monoisotopic (exact) mass is 451 g/mol. The quantitative estimate of drug-likeness (QED) is 0.368. The van der Waals surface area contributed by atoms with Crippen LogP contribution in [0.5, 0.6) is 5.75 Å². The minimum absolute atomic E-state index is 0.179. The van der Waals surface area contributed by atoms with E-state index in [1.807, 2.05) is 55.5 Å². The van der Waals surface area contributed by atoms with Crippen LogP contribution in [-0.4, -0.2) is 12.5 Å². The number of rotatable bonds is 6. The number of nitrogens with one attached hydrogen (secondary N) is 1. The molecule has 1 heterocycles. The van der Waals surface area contributed by atoms with Crippen LogP contribution in [0.25, 0.3) is 11.0 Å². The van der Waals surface area contributed by atoms with E-state index in [-0.39, 0.29) is 12.5 Å². The van der Waals surface area contributed by atoms with Gasteiger partial charge >= 0.3 is 5.63 Å². The van der Waals surface area contributed by atoms with Crippen molar-refractivity contribution in [3.05, 3.63) is 93.8 Å². The van der Waals surface area contributed by atoms with Gasteiger partial charge in [-0.25, -0.2) is 4.79 Å². The standard InChI is InChI=1S/C24H18ClNO4S/c1-15-12-24(28)30-21-13-17(8-11-19(15)21)29-14-23(27)26-20-4-2-3-5-22(20)31-18-9-6-16(25)7-10-18/h2-13H,14H2,1H3,(H,26,27). The number of ether oxygens (including phenoxy) is 1. The molecular formula is C24H18ClNO4S. The van der Waals surface area contributed by atoms with Gasteiger partial charge in [0.25, 0.3) is 5.91 Å². The van der Waals surface area contributed by atoms with Crippen LogP contribution < -0.4 is 15.7 Å². The minimum atomic E-state index is -0.422. The molecule has 0 radical (unpaired) electrons. The van der Waals surface area contributed by atoms with E-state index in [1.54, 1.807) is 18.2 Å². The zero-order valence-electron chi connectivity index (χ0n) is 16.6. The number of fused-ring (bicyclic) bond motifs is 1. The van der Waals surface area contributed by atoms with E-state index >= 15 is 0 Å². The Morgan fingerprint density at radius 3 is 2.65 bits per heavy atom.